The van der Waals surface area contributed by atoms with E-state index in [1.54, 1.807) is 24.3 Å². The molecule has 15 atom stereocenters. The molecule has 262 valence electrons. The lowest BCUT2D eigenvalue weighted by Crippen LogP contribution is -2.66. The molecular weight excluding hydrogens is 604 g/mol. The molecule has 1 aromatic carbocycles. The van der Waals surface area contributed by atoms with E-state index >= 15 is 0 Å². The van der Waals surface area contributed by atoms with Crippen molar-refractivity contribution in [2.24, 2.45) is 0 Å². The summed E-state index contributed by atoms with van der Waals surface area (Å²) >= 11 is 0. The normalized spacial score (nSPS) is 41.7. The fraction of sp³-hybridized carbons (Fsp3) is 0.793. The van der Waals surface area contributed by atoms with E-state index in [0.29, 0.717) is 0 Å². The van der Waals surface area contributed by atoms with E-state index in [9.17, 15) is 51.1 Å². The second-order valence-corrected chi connectivity index (χ2v) is 10.1. The van der Waals surface area contributed by atoms with E-state index < -0.39 is 112 Å². The fourth-order valence-electron chi connectivity index (χ4n) is 4.93. The first-order valence-corrected chi connectivity index (χ1v) is 15.1. The first-order chi connectivity index (χ1) is 21.6. The van der Waals surface area contributed by atoms with Crippen molar-refractivity contribution in [3.8, 4) is 0 Å². The van der Waals surface area contributed by atoms with Gasteiger partial charge in [-0.1, -0.05) is 58.0 Å². The molecule has 0 bridgehead atoms. The van der Waals surface area contributed by atoms with Crippen LogP contribution in [-0.2, 0) is 35.0 Å². The van der Waals surface area contributed by atoms with E-state index in [0.717, 1.165) is 5.56 Å². The topological polar surface area (TPSA) is 258 Å². The Balaban J connectivity index is 0.00000169. The van der Waals surface area contributed by atoms with E-state index in [2.05, 4.69) is 0 Å². The Morgan fingerprint density at radius 3 is 1.38 bits per heavy atom. The summed E-state index contributed by atoms with van der Waals surface area (Å²) in [5, 5.41) is 102. The number of rotatable bonds is 10. The lowest BCUT2D eigenvalue weighted by molar-refractivity contribution is -0.379. The maximum atomic E-state index is 10.8. The van der Waals surface area contributed by atoms with Crippen molar-refractivity contribution in [1.82, 2.24) is 0 Å². The van der Waals surface area contributed by atoms with Gasteiger partial charge in [-0.15, -0.1) is 0 Å². The van der Waals surface area contributed by atoms with Crippen molar-refractivity contribution in [2.75, 3.05) is 19.8 Å². The molecular formula is C29H50O16. The van der Waals surface area contributed by atoms with Crippen molar-refractivity contribution in [2.45, 2.75) is 126 Å². The quantitative estimate of drug-likeness (QED) is 0.119. The minimum Gasteiger partial charge on any atom is -0.394 e. The first-order valence-electron chi connectivity index (χ1n) is 15.1. The SMILES string of the molecule is CC.CC.OCC1OC(OC2C(CO)OC(OC3C(CO)OC(OCc4ccccc4)C(O)C3O)C(O)C2O)C(O)C(O)C1O. The van der Waals surface area contributed by atoms with Gasteiger partial charge in [0.15, 0.2) is 18.9 Å². The van der Waals surface area contributed by atoms with Crippen molar-refractivity contribution in [1.29, 1.82) is 0 Å². The minimum atomic E-state index is -1.90. The molecule has 0 amide bonds. The van der Waals surface area contributed by atoms with E-state index in [-0.39, 0.29) is 6.61 Å². The zero-order valence-corrected chi connectivity index (χ0v) is 25.8. The molecule has 45 heavy (non-hydrogen) atoms. The Morgan fingerprint density at radius 1 is 0.511 bits per heavy atom. The molecule has 3 aliphatic heterocycles. The number of benzene rings is 1. The van der Waals surface area contributed by atoms with Crippen LogP contribution in [0.2, 0.25) is 0 Å². The highest BCUT2D eigenvalue weighted by atomic mass is 16.8. The van der Waals surface area contributed by atoms with Crippen LogP contribution >= 0.6 is 0 Å². The fourth-order valence-corrected chi connectivity index (χ4v) is 4.93. The van der Waals surface area contributed by atoms with Crippen molar-refractivity contribution >= 4 is 0 Å². The van der Waals surface area contributed by atoms with Gasteiger partial charge in [0, 0.05) is 0 Å². The van der Waals surface area contributed by atoms with Crippen LogP contribution in [0.15, 0.2) is 30.3 Å². The van der Waals surface area contributed by atoms with Gasteiger partial charge in [0.2, 0.25) is 0 Å². The largest absolute Gasteiger partial charge is 0.394 e. The molecule has 3 saturated heterocycles. The number of hydrogen-bond donors (Lipinski definition) is 10. The Labute approximate surface area is 261 Å². The van der Waals surface area contributed by atoms with Gasteiger partial charge in [-0.25, -0.2) is 0 Å². The van der Waals surface area contributed by atoms with E-state index in [1.807, 2.05) is 33.8 Å². The van der Waals surface area contributed by atoms with E-state index in [1.165, 1.54) is 0 Å². The summed E-state index contributed by atoms with van der Waals surface area (Å²) in [5.41, 5.74) is 0.764. The van der Waals surface area contributed by atoms with Crippen LogP contribution in [0, 0.1) is 0 Å². The summed E-state index contributed by atoms with van der Waals surface area (Å²) in [7, 11) is 0. The van der Waals surface area contributed by atoms with Crippen LogP contribution in [0.1, 0.15) is 33.3 Å². The van der Waals surface area contributed by atoms with Crippen molar-refractivity contribution in [3.05, 3.63) is 35.9 Å². The first kappa shape index (κ1) is 39.8. The number of aliphatic hydroxyl groups is 10. The average Bonchev–Trinajstić information content (AvgIpc) is 3.08. The second-order valence-electron chi connectivity index (χ2n) is 10.1. The third kappa shape index (κ3) is 9.57. The van der Waals surface area contributed by atoms with Crippen molar-refractivity contribution < 1.29 is 79.5 Å². The summed E-state index contributed by atoms with van der Waals surface area (Å²) in [6.07, 6.45) is -24.2. The number of hydrogen-bond acceptors (Lipinski definition) is 16. The molecule has 0 saturated carbocycles. The molecule has 16 heteroatoms. The lowest BCUT2D eigenvalue weighted by Gasteiger charge is -2.48. The average molecular weight is 655 g/mol. The molecule has 10 N–H and O–H groups in total. The summed E-state index contributed by atoms with van der Waals surface area (Å²) in [6.45, 7) is 5.79. The zero-order valence-electron chi connectivity index (χ0n) is 25.8. The Bertz CT molecular complexity index is 923. The molecule has 0 aromatic heterocycles. The summed E-state index contributed by atoms with van der Waals surface area (Å²) in [6, 6.07) is 8.94. The molecule has 16 nitrogen and oxygen atoms in total. The van der Waals surface area contributed by atoms with E-state index in [4.69, 9.17) is 28.4 Å². The van der Waals surface area contributed by atoms with Crippen LogP contribution in [-0.4, -0.2) is 163 Å². The van der Waals surface area contributed by atoms with Gasteiger partial charge in [0.05, 0.1) is 26.4 Å². The summed E-state index contributed by atoms with van der Waals surface area (Å²) < 4.78 is 33.1. The third-order valence-electron chi connectivity index (χ3n) is 7.33. The molecule has 1 aromatic rings. The van der Waals surface area contributed by atoms with Gasteiger partial charge < -0.3 is 79.5 Å². The molecule has 3 fully saturated rings. The highest BCUT2D eigenvalue weighted by molar-refractivity contribution is 5.13. The maximum Gasteiger partial charge on any atom is 0.187 e. The smallest absolute Gasteiger partial charge is 0.187 e. The molecule has 0 aliphatic carbocycles. The highest BCUT2D eigenvalue weighted by Gasteiger charge is 2.53. The molecule has 15 unspecified atom stereocenters. The lowest BCUT2D eigenvalue weighted by atomic mass is 9.96. The molecule has 3 heterocycles. The molecule has 0 spiro atoms. The second kappa shape index (κ2) is 19.4. The summed E-state index contributed by atoms with van der Waals surface area (Å²) in [5.74, 6) is 0. The Kier molecular flexibility index (Phi) is 17.2. The standard InChI is InChI=1S/C25H38O16.2C2H6/c26-6-11-14(29)15(30)18(33)24(37-11)40-22-13(8-28)39-25(20(35)17(22)32)41-21-12(7-27)38-23(19(34)16(21)31)36-9-10-4-2-1-3-5-10;2*1-2/h1-5,11-35H,6-9H2;2*1-2H3. The number of aliphatic hydroxyl groups excluding tert-OH is 10. The number of ether oxygens (including phenoxy) is 6. The predicted octanol–water partition coefficient (Wildman–Crippen LogP) is -3.30. The van der Waals surface area contributed by atoms with Gasteiger partial charge in [-0.05, 0) is 5.56 Å². The Morgan fingerprint density at radius 2 is 0.911 bits per heavy atom. The van der Waals surface area contributed by atoms with Crippen molar-refractivity contribution in [3.63, 3.8) is 0 Å². The zero-order chi connectivity index (χ0) is 33.8. The van der Waals surface area contributed by atoms with Gasteiger partial charge in [-0.2, -0.15) is 0 Å². The monoisotopic (exact) mass is 654 g/mol. The van der Waals surface area contributed by atoms with Crippen LogP contribution in [0.4, 0.5) is 0 Å². The predicted molar refractivity (Wildman–Crippen MR) is 153 cm³/mol. The van der Waals surface area contributed by atoms with Crippen LogP contribution in [0.5, 0.6) is 0 Å². The highest BCUT2D eigenvalue weighted by Crippen LogP contribution is 2.32. The van der Waals surface area contributed by atoms with Gasteiger partial charge in [0.1, 0.15) is 73.2 Å². The molecule has 0 radical (unpaired) electrons. The van der Waals surface area contributed by atoms with Gasteiger partial charge >= 0.3 is 0 Å². The molecule has 4 rings (SSSR count). The third-order valence-corrected chi connectivity index (χ3v) is 7.33. The van der Waals surface area contributed by atoms with Crippen LogP contribution < -0.4 is 0 Å². The summed E-state index contributed by atoms with van der Waals surface area (Å²) in [4.78, 5) is 0. The minimum absolute atomic E-state index is 0.0314. The van der Waals surface area contributed by atoms with Gasteiger partial charge in [-0.3, -0.25) is 0 Å². The Hall–Kier alpha value is -1.42. The van der Waals surface area contributed by atoms with Crippen LogP contribution in [0.25, 0.3) is 0 Å². The van der Waals surface area contributed by atoms with Gasteiger partial charge in [0.25, 0.3) is 0 Å². The maximum absolute atomic E-state index is 10.8. The molecule has 3 aliphatic rings. The van der Waals surface area contributed by atoms with Crippen LogP contribution in [0.3, 0.4) is 0 Å².